The lowest BCUT2D eigenvalue weighted by Gasteiger charge is -2.34. The molecule has 1 saturated heterocycles. The number of carbonyl (C=O) groups excluding carboxylic acids is 1. The molecule has 0 aliphatic carbocycles. The Hall–Kier alpha value is -3.43. The topological polar surface area (TPSA) is 100 Å². The van der Waals surface area contributed by atoms with Crippen LogP contribution in [0.4, 0.5) is 5.82 Å². The molecule has 0 radical (unpaired) electrons. The minimum atomic E-state index is -0.571. The molecule has 1 amide bonds. The number of nitrogens with one attached hydrogen (secondary N) is 1. The molecule has 2 aromatic carbocycles. The molecule has 9 nitrogen and oxygen atoms in total. The Labute approximate surface area is 180 Å². The Kier molecular flexibility index (Phi) is 5.88. The van der Waals surface area contributed by atoms with Crippen molar-refractivity contribution >= 4 is 22.6 Å². The van der Waals surface area contributed by atoms with Crippen LogP contribution >= 0.6 is 0 Å². The molecule has 2 heterocycles. The van der Waals surface area contributed by atoms with Crippen molar-refractivity contribution in [2.45, 2.75) is 0 Å². The first-order chi connectivity index (χ1) is 15.0. The monoisotopic (exact) mass is 423 g/mol. The van der Waals surface area contributed by atoms with Crippen molar-refractivity contribution in [3.05, 3.63) is 42.0 Å². The zero-order chi connectivity index (χ0) is 22.0. The summed E-state index contributed by atoms with van der Waals surface area (Å²) < 4.78 is 11.1. The highest BCUT2D eigenvalue weighted by Crippen LogP contribution is 2.37. The Morgan fingerprint density at radius 3 is 2.35 bits per heavy atom. The van der Waals surface area contributed by atoms with Gasteiger partial charge in [-0.15, -0.1) is 0 Å². The second-order valence-corrected chi connectivity index (χ2v) is 7.40. The molecule has 0 bridgehead atoms. The first kappa shape index (κ1) is 20.8. The number of rotatable bonds is 5. The molecule has 0 unspecified atom stereocenters. The average Bonchev–Trinajstić information content (AvgIpc) is 2.82. The van der Waals surface area contributed by atoms with E-state index in [0.29, 0.717) is 28.4 Å². The molecule has 1 aromatic heterocycles. The Balaban J connectivity index is 1.87. The number of amides is 1. The maximum atomic E-state index is 11.6. The second-order valence-electron chi connectivity index (χ2n) is 7.40. The zero-order valence-electron chi connectivity index (χ0n) is 17.8. The van der Waals surface area contributed by atoms with Gasteiger partial charge in [-0.3, -0.25) is 10.0 Å². The number of anilines is 1. The van der Waals surface area contributed by atoms with Crippen LogP contribution in [0.25, 0.3) is 22.3 Å². The van der Waals surface area contributed by atoms with Gasteiger partial charge in [0, 0.05) is 49.4 Å². The lowest BCUT2D eigenvalue weighted by atomic mass is 10.1. The lowest BCUT2D eigenvalue weighted by Crippen LogP contribution is -2.45. The number of piperazine rings is 1. The van der Waals surface area contributed by atoms with Gasteiger partial charge in [0.2, 0.25) is 0 Å². The van der Waals surface area contributed by atoms with Crippen molar-refractivity contribution in [3.8, 4) is 22.9 Å². The summed E-state index contributed by atoms with van der Waals surface area (Å²) in [7, 11) is 5.34. The molecular formula is C22H25N5O4. The number of likely N-dealkylation sites (N-methyl/N-ethyl adjacent to an activating group) is 1. The molecule has 1 fully saturated rings. The van der Waals surface area contributed by atoms with Gasteiger partial charge in [0.15, 0.2) is 5.82 Å². The number of hydrogen-bond acceptors (Lipinski definition) is 8. The molecule has 0 saturated carbocycles. The molecule has 4 rings (SSSR count). The SMILES string of the molecule is COc1cc(OC)c2c(N3CCN(C)CC3)nc(-c3ccc(C(=O)NO)cc3)nc2c1. The molecule has 0 spiro atoms. The van der Waals surface area contributed by atoms with Crippen LogP contribution < -0.4 is 19.9 Å². The van der Waals surface area contributed by atoms with E-state index in [0.717, 1.165) is 42.9 Å². The lowest BCUT2D eigenvalue weighted by molar-refractivity contribution is 0.0706. The molecule has 31 heavy (non-hydrogen) atoms. The third-order valence-electron chi connectivity index (χ3n) is 5.48. The number of carbonyl (C=O) groups is 1. The summed E-state index contributed by atoms with van der Waals surface area (Å²) >= 11 is 0. The normalized spacial score (nSPS) is 14.5. The highest BCUT2D eigenvalue weighted by molar-refractivity contribution is 5.97. The van der Waals surface area contributed by atoms with Crippen LogP contribution in [0.3, 0.4) is 0 Å². The van der Waals surface area contributed by atoms with Crippen molar-refractivity contribution in [2.75, 3.05) is 52.3 Å². The number of hydroxylamine groups is 1. The first-order valence-electron chi connectivity index (χ1n) is 9.96. The van der Waals surface area contributed by atoms with Gasteiger partial charge in [-0.2, -0.15) is 0 Å². The molecule has 3 aromatic rings. The number of fused-ring (bicyclic) bond motifs is 1. The van der Waals surface area contributed by atoms with Gasteiger partial charge in [-0.1, -0.05) is 12.1 Å². The van der Waals surface area contributed by atoms with E-state index >= 15 is 0 Å². The van der Waals surface area contributed by atoms with Crippen molar-refractivity contribution < 1.29 is 19.5 Å². The van der Waals surface area contributed by atoms with Crippen molar-refractivity contribution in [3.63, 3.8) is 0 Å². The van der Waals surface area contributed by atoms with Crippen LogP contribution in [0.15, 0.2) is 36.4 Å². The van der Waals surface area contributed by atoms with Crippen molar-refractivity contribution in [2.24, 2.45) is 0 Å². The molecular weight excluding hydrogens is 398 g/mol. The van der Waals surface area contributed by atoms with E-state index in [1.807, 2.05) is 12.1 Å². The summed E-state index contributed by atoms with van der Waals surface area (Å²) in [6, 6.07) is 10.5. The number of aromatic nitrogens is 2. The van der Waals surface area contributed by atoms with Crippen molar-refractivity contribution in [1.82, 2.24) is 20.3 Å². The van der Waals surface area contributed by atoms with Crippen LogP contribution in [0.2, 0.25) is 0 Å². The van der Waals surface area contributed by atoms with Gasteiger partial charge in [0.05, 0.1) is 25.1 Å². The molecule has 1 aliphatic rings. The highest BCUT2D eigenvalue weighted by Gasteiger charge is 2.22. The number of methoxy groups -OCH3 is 2. The number of benzene rings is 2. The quantitative estimate of drug-likeness (QED) is 0.476. The van der Waals surface area contributed by atoms with Gasteiger partial charge in [-0.05, 0) is 19.2 Å². The third-order valence-corrected chi connectivity index (χ3v) is 5.48. The fourth-order valence-electron chi connectivity index (χ4n) is 3.67. The molecule has 2 N–H and O–H groups in total. The molecule has 9 heteroatoms. The van der Waals surface area contributed by atoms with E-state index in [9.17, 15) is 4.79 Å². The second kappa shape index (κ2) is 8.75. The molecule has 0 atom stereocenters. The van der Waals surface area contributed by atoms with Crippen LogP contribution in [0, 0.1) is 0 Å². The number of hydrogen-bond donors (Lipinski definition) is 2. The summed E-state index contributed by atoms with van der Waals surface area (Å²) in [5, 5.41) is 9.67. The van der Waals surface area contributed by atoms with E-state index in [1.165, 1.54) is 0 Å². The van der Waals surface area contributed by atoms with Crippen LogP contribution in [-0.4, -0.2) is 73.4 Å². The predicted octanol–water partition coefficient (Wildman–Crippen LogP) is 2.18. The summed E-state index contributed by atoms with van der Waals surface area (Å²) in [5.74, 6) is 2.08. The van der Waals surface area contributed by atoms with Crippen LogP contribution in [0.5, 0.6) is 11.5 Å². The third kappa shape index (κ3) is 4.10. The van der Waals surface area contributed by atoms with E-state index in [4.69, 9.17) is 24.6 Å². The average molecular weight is 423 g/mol. The summed E-state index contributed by atoms with van der Waals surface area (Å²) in [5.41, 5.74) is 3.45. The maximum Gasteiger partial charge on any atom is 0.274 e. The summed E-state index contributed by atoms with van der Waals surface area (Å²) in [6.45, 7) is 3.55. The Bertz CT molecular complexity index is 1100. The van der Waals surface area contributed by atoms with E-state index in [1.54, 1.807) is 44.0 Å². The standard InChI is InChI=1S/C22H25N5O4/c1-26-8-10-27(11-9-26)21-19-17(12-16(30-2)13-18(19)31-3)23-20(24-21)14-4-6-15(7-5-14)22(28)25-29/h4-7,12-13,29H,8-11H2,1-3H3,(H,25,28). The molecule has 1 aliphatic heterocycles. The summed E-state index contributed by atoms with van der Waals surface area (Å²) in [4.78, 5) is 25.8. The minimum absolute atomic E-state index is 0.342. The molecule has 162 valence electrons. The highest BCUT2D eigenvalue weighted by atomic mass is 16.5. The first-order valence-corrected chi connectivity index (χ1v) is 9.96. The predicted molar refractivity (Wildman–Crippen MR) is 117 cm³/mol. The summed E-state index contributed by atoms with van der Waals surface area (Å²) in [6.07, 6.45) is 0. The number of nitrogens with zero attached hydrogens (tertiary/aromatic N) is 4. The van der Waals surface area contributed by atoms with E-state index in [-0.39, 0.29) is 0 Å². The van der Waals surface area contributed by atoms with Crippen LogP contribution in [0.1, 0.15) is 10.4 Å². The maximum absolute atomic E-state index is 11.6. The van der Waals surface area contributed by atoms with Gasteiger partial charge < -0.3 is 19.3 Å². The van der Waals surface area contributed by atoms with E-state index in [2.05, 4.69) is 16.8 Å². The number of ether oxygens (including phenoxy) is 2. The zero-order valence-corrected chi connectivity index (χ0v) is 17.8. The Morgan fingerprint density at radius 1 is 1.03 bits per heavy atom. The van der Waals surface area contributed by atoms with Gasteiger partial charge in [-0.25, -0.2) is 15.4 Å². The van der Waals surface area contributed by atoms with Gasteiger partial charge in [0.1, 0.15) is 17.3 Å². The largest absolute Gasteiger partial charge is 0.497 e. The van der Waals surface area contributed by atoms with Crippen molar-refractivity contribution in [1.29, 1.82) is 0 Å². The minimum Gasteiger partial charge on any atom is -0.497 e. The fourth-order valence-corrected chi connectivity index (χ4v) is 3.67. The van der Waals surface area contributed by atoms with Crippen LogP contribution in [-0.2, 0) is 0 Å². The van der Waals surface area contributed by atoms with E-state index < -0.39 is 5.91 Å². The van der Waals surface area contributed by atoms with Gasteiger partial charge in [0.25, 0.3) is 5.91 Å². The van der Waals surface area contributed by atoms with Gasteiger partial charge >= 0.3 is 0 Å². The fraction of sp³-hybridized carbons (Fsp3) is 0.318. The smallest absolute Gasteiger partial charge is 0.274 e. The Morgan fingerprint density at radius 2 is 1.74 bits per heavy atom.